The van der Waals surface area contributed by atoms with E-state index >= 15 is 0 Å². The van der Waals surface area contributed by atoms with Crippen molar-refractivity contribution in [1.29, 1.82) is 0 Å². The van der Waals surface area contributed by atoms with Crippen molar-refractivity contribution in [3.05, 3.63) is 64.8 Å². The monoisotopic (exact) mass is 467 g/mol. The highest BCUT2D eigenvalue weighted by atomic mass is 35.5. The molecule has 9 heteroatoms. The van der Waals surface area contributed by atoms with Crippen molar-refractivity contribution < 1.29 is 14.6 Å². The molecule has 3 heterocycles. The number of ether oxygens (including phenoxy) is 1. The van der Waals surface area contributed by atoms with Gasteiger partial charge in [-0.3, -0.25) is 9.36 Å². The van der Waals surface area contributed by atoms with Gasteiger partial charge in [0.2, 0.25) is 11.8 Å². The molecule has 2 aromatic heterocycles. The highest BCUT2D eigenvalue weighted by Gasteiger charge is 2.32. The number of aliphatic hydroxyl groups excluding tert-OH is 1. The van der Waals surface area contributed by atoms with Gasteiger partial charge in [-0.25, -0.2) is 4.98 Å². The molecule has 1 aliphatic carbocycles. The van der Waals surface area contributed by atoms with Gasteiger partial charge in [0.25, 0.3) is 0 Å². The molecule has 0 saturated heterocycles. The Morgan fingerprint density at radius 1 is 1.15 bits per heavy atom. The number of aliphatic hydroxyl groups is 1. The zero-order valence-electron chi connectivity index (χ0n) is 18.2. The van der Waals surface area contributed by atoms with Crippen molar-refractivity contribution in [2.75, 3.05) is 6.61 Å². The minimum Gasteiger partial charge on any atom is -0.474 e. The number of nitrogens with one attached hydrogen (secondary N) is 1. The summed E-state index contributed by atoms with van der Waals surface area (Å²) in [5.74, 6) is 2.28. The minimum absolute atomic E-state index is 0.145. The lowest BCUT2D eigenvalue weighted by molar-refractivity contribution is -0.124. The van der Waals surface area contributed by atoms with E-state index in [1.165, 1.54) is 0 Å². The Morgan fingerprint density at radius 2 is 2.00 bits per heavy atom. The van der Waals surface area contributed by atoms with E-state index in [9.17, 15) is 9.90 Å². The summed E-state index contributed by atoms with van der Waals surface area (Å²) < 4.78 is 8.20. The SMILES string of the molecule is O=C(CO)NC1Cc2cc(Cl)ccc2-n2c(nnc2C2CCC(Oc3ccccn3)CC2)C1. The summed E-state index contributed by atoms with van der Waals surface area (Å²) in [7, 11) is 0. The maximum atomic E-state index is 11.9. The number of pyridine rings is 1. The molecular formula is C24H26ClN5O3. The Kier molecular flexibility index (Phi) is 6.28. The van der Waals surface area contributed by atoms with E-state index in [2.05, 4.69) is 25.1 Å². The Hall–Kier alpha value is -2.97. The van der Waals surface area contributed by atoms with Crippen LogP contribution in [0.2, 0.25) is 5.02 Å². The minimum atomic E-state index is -0.541. The topological polar surface area (TPSA) is 102 Å². The first-order valence-electron chi connectivity index (χ1n) is 11.3. The Morgan fingerprint density at radius 3 is 2.76 bits per heavy atom. The van der Waals surface area contributed by atoms with Gasteiger partial charge in [0, 0.05) is 35.7 Å². The number of carbonyl (C=O) groups excluding carboxylic acids is 1. The maximum Gasteiger partial charge on any atom is 0.245 e. The number of amides is 1. The van der Waals surface area contributed by atoms with Crippen molar-refractivity contribution >= 4 is 17.5 Å². The molecule has 3 aromatic rings. The number of rotatable bonds is 5. The summed E-state index contributed by atoms with van der Waals surface area (Å²) in [4.78, 5) is 16.1. The molecule has 1 unspecified atom stereocenters. The van der Waals surface area contributed by atoms with Crippen LogP contribution >= 0.6 is 11.6 Å². The van der Waals surface area contributed by atoms with Gasteiger partial charge in [0.05, 0.1) is 5.69 Å². The molecule has 172 valence electrons. The number of benzene rings is 1. The second kappa shape index (κ2) is 9.49. The molecule has 2 N–H and O–H groups in total. The van der Waals surface area contributed by atoms with E-state index in [1.54, 1.807) is 6.20 Å². The molecule has 1 saturated carbocycles. The Balaban J connectivity index is 1.39. The number of aromatic nitrogens is 4. The maximum absolute atomic E-state index is 11.9. The molecule has 1 fully saturated rings. The molecule has 8 nitrogen and oxygen atoms in total. The van der Waals surface area contributed by atoms with Crippen LogP contribution in [0.5, 0.6) is 5.88 Å². The van der Waals surface area contributed by atoms with E-state index in [1.807, 2.05) is 36.4 Å². The van der Waals surface area contributed by atoms with E-state index in [4.69, 9.17) is 16.3 Å². The molecule has 0 spiro atoms. The lowest BCUT2D eigenvalue weighted by Crippen LogP contribution is -2.39. The number of hydrogen-bond acceptors (Lipinski definition) is 6. The second-order valence-corrected chi connectivity index (χ2v) is 9.11. The molecule has 0 bridgehead atoms. The van der Waals surface area contributed by atoms with Crippen LogP contribution in [0.4, 0.5) is 0 Å². The summed E-state index contributed by atoms with van der Waals surface area (Å²) in [6.07, 6.45) is 6.77. The third kappa shape index (κ3) is 4.72. The quantitative estimate of drug-likeness (QED) is 0.598. The van der Waals surface area contributed by atoms with Crippen LogP contribution in [0, 0.1) is 0 Å². The summed E-state index contributed by atoms with van der Waals surface area (Å²) >= 11 is 6.30. The number of halogens is 1. The van der Waals surface area contributed by atoms with Crippen LogP contribution < -0.4 is 10.1 Å². The van der Waals surface area contributed by atoms with Crippen LogP contribution in [0.25, 0.3) is 5.69 Å². The molecule has 5 rings (SSSR count). The van der Waals surface area contributed by atoms with Crippen LogP contribution in [0.3, 0.4) is 0 Å². The Labute approximate surface area is 197 Å². The average molecular weight is 468 g/mol. The fourth-order valence-electron chi connectivity index (χ4n) is 4.88. The fourth-order valence-corrected chi connectivity index (χ4v) is 5.08. The lowest BCUT2D eigenvalue weighted by Gasteiger charge is -2.28. The van der Waals surface area contributed by atoms with E-state index in [-0.39, 0.29) is 18.1 Å². The molecule has 1 atom stereocenters. The van der Waals surface area contributed by atoms with Crippen LogP contribution in [-0.2, 0) is 17.6 Å². The molecule has 1 aromatic carbocycles. The van der Waals surface area contributed by atoms with Crippen LogP contribution in [-0.4, -0.2) is 49.5 Å². The predicted octanol–water partition coefficient (Wildman–Crippen LogP) is 3.00. The van der Waals surface area contributed by atoms with Crippen molar-refractivity contribution in [2.24, 2.45) is 0 Å². The second-order valence-electron chi connectivity index (χ2n) is 8.67. The largest absolute Gasteiger partial charge is 0.474 e. The van der Waals surface area contributed by atoms with Gasteiger partial charge in [-0.1, -0.05) is 17.7 Å². The zero-order valence-corrected chi connectivity index (χ0v) is 18.9. The van der Waals surface area contributed by atoms with Crippen LogP contribution in [0.1, 0.15) is 48.8 Å². The molecule has 0 radical (unpaired) electrons. The summed E-state index contributed by atoms with van der Waals surface area (Å²) in [5.41, 5.74) is 2.03. The van der Waals surface area contributed by atoms with Gasteiger partial charge < -0.3 is 15.2 Å². The Bertz CT molecular complexity index is 1130. The third-order valence-electron chi connectivity index (χ3n) is 6.41. The number of nitrogens with zero attached hydrogens (tertiary/aromatic N) is 4. The lowest BCUT2D eigenvalue weighted by atomic mass is 9.86. The van der Waals surface area contributed by atoms with E-state index in [0.717, 1.165) is 48.6 Å². The third-order valence-corrected chi connectivity index (χ3v) is 6.64. The standard InChI is InChI=1S/C24H26ClN5O3/c25-17-6-9-20-16(11-17)12-18(27-22(32)14-31)13-21-28-29-24(30(20)21)15-4-7-19(8-5-15)33-23-3-1-2-10-26-23/h1-3,6,9-11,15,18-19,31H,4-5,7-8,12-14H2,(H,27,32). The highest BCUT2D eigenvalue weighted by molar-refractivity contribution is 6.30. The van der Waals surface area contributed by atoms with Gasteiger partial charge in [-0.2, -0.15) is 0 Å². The molecular weight excluding hydrogens is 442 g/mol. The predicted molar refractivity (Wildman–Crippen MR) is 123 cm³/mol. The van der Waals surface area contributed by atoms with Crippen LogP contribution in [0.15, 0.2) is 42.6 Å². The van der Waals surface area contributed by atoms with Gasteiger partial charge >= 0.3 is 0 Å². The van der Waals surface area contributed by atoms with Crippen molar-refractivity contribution in [1.82, 2.24) is 25.1 Å². The molecule has 2 aliphatic rings. The highest BCUT2D eigenvalue weighted by Crippen LogP contribution is 2.37. The van der Waals surface area contributed by atoms with Crippen molar-refractivity contribution in [3.63, 3.8) is 0 Å². The summed E-state index contributed by atoms with van der Waals surface area (Å²) in [6, 6.07) is 11.3. The first kappa shape index (κ1) is 21.9. The summed E-state index contributed by atoms with van der Waals surface area (Å²) in [5, 5.41) is 21.8. The molecule has 33 heavy (non-hydrogen) atoms. The molecule has 1 amide bonds. The average Bonchev–Trinajstić information content (AvgIpc) is 3.17. The summed E-state index contributed by atoms with van der Waals surface area (Å²) in [6.45, 7) is -0.541. The first-order chi connectivity index (χ1) is 16.1. The smallest absolute Gasteiger partial charge is 0.245 e. The van der Waals surface area contributed by atoms with E-state index in [0.29, 0.717) is 23.7 Å². The van der Waals surface area contributed by atoms with Gasteiger partial charge in [0.15, 0.2) is 0 Å². The van der Waals surface area contributed by atoms with E-state index < -0.39 is 12.5 Å². The van der Waals surface area contributed by atoms with Gasteiger partial charge in [-0.05, 0) is 61.9 Å². The first-order valence-corrected chi connectivity index (χ1v) is 11.7. The van der Waals surface area contributed by atoms with Gasteiger partial charge in [0.1, 0.15) is 24.4 Å². The normalized spacial score (nSPS) is 22.1. The fraction of sp³-hybridized carbons (Fsp3) is 0.417. The van der Waals surface area contributed by atoms with Gasteiger partial charge in [-0.15, -0.1) is 10.2 Å². The number of carbonyl (C=O) groups is 1. The van der Waals surface area contributed by atoms with Crippen molar-refractivity contribution in [3.8, 4) is 11.6 Å². The number of fused-ring (bicyclic) bond motifs is 3. The molecule has 1 aliphatic heterocycles. The zero-order chi connectivity index (χ0) is 22.8. The number of hydrogen-bond donors (Lipinski definition) is 2. The van der Waals surface area contributed by atoms with Crippen molar-refractivity contribution in [2.45, 2.75) is 56.6 Å².